The Bertz CT molecular complexity index is 913. The lowest BCUT2D eigenvalue weighted by atomic mass is 10.1. The molecular weight excluding hydrogens is 348 g/mol. The van der Waals surface area contributed by atoms with Crippen LogP contribution in [0.1, 0.15) is 12.8 Å². The highest BCUT2D eigenvalue weighted by Crippen LogP contribution is 2.32. The molecule has 132 valence electrons. The van der Waals surface area contributed by atoms with Crippen molar-refractivity contribution < 1.29 is 4.74 Å². The predicted octanol–water partition coefficient (Wildman–Crippen LogP) is 5.12. The van der Waals surface area contributed by atoms with Gasteiger partial charge >= 0.3 is 0 Å². The topological polar surface area (TPSA) is 59.1 Å². The Morgan fingerprint density at radius 3 is 2.58 bits per heavy atom. The fraction of sp³-hybridized carbons (Fsp3) is 0.200. The largest absolute Gasteiger partial charge is 0.495 e. The summed E-state index contributed by atoms with van der Waals surface area (Å²) in [6.07, 6.45) is 2.31. The summed E-state index contributed by atoms with van der Waals surface area (Å²) in [5.41, 5.74) is 2.65. The van der Waals surface area contributed by atoms with Crippen molar-refractivity contribution in [2.24, 2.45) is 0 Å². The predicted molar refractivity (Wildman–Crippen MR) is 105 cm³/mol. The van der Waals surface area contributed by atoms with Gasteiger partial charge in [-0.3, -0.25) is 0 Å². The summed E-state index contributed by atoms with van der Waals surface area (Å²) in [6, 6.07) is 17.9. The highest BCUT2D eigenvalue weighted by Gasteiger charge is 2.22. The van der Waals surface area contributed by atoms with Crippen molar-refractivity contribution in [1.29, 1.82) is 0 Å². The molecule has 2 N–H and O–H groups in total. The van der Waals surface area contributed by atoms with Crippen LogP contribution in [0.15, 0.2) is 54.6 Å². The minimum absolute atomic E-state index is 0.467. The zero-order valence-corrected chi connectivity index (χ0v) is 15.1. The molecule has 0 saturated heterocycles. The maximum Gasteiger partial charge on any atom is 0.225 e. The molecule has 1 aliphatic rings. The van der Waals surface area contributed by atoms with Crippen LogP contribution in [0.5, 0.6) is 5.75 Å². The molecule has 0 amide bonds. The second-order valence-corrected chi connectivity index (χ2v) is 6.65. The summed E-state index contributed by atoms with van der Waals surface area (Å²) in [6.45, 7) is 0. The van der Waals surface area contributed by atoms with Crippen molar-refractivity contribution in [3.05, 3.63) is 59.6 Å². The van der Waals surface area contributed by atoms with Gasteiger partial charge in [0.25, 0.3) is 0 Å². The number of hydrogen-bond donors (Lipinski definition) is 2. The fourth-order valence-corrected chi connectivity index (χ4v) is 2.83. The zero-order valence-electron chi connectivity index (χ0n) is 14.4. The van der Waals surface area contributed by atoms with Crippen LogP contribution in [-0.4, -0.2) is 23.1 Å². The number of ether oxygens (including phenoxy) is 1. The molecule has 1 saturated carbocycles. The molecule has 5 nitrogen and oxygen atoms in total. The van der Waals surface area contributed by atoms with E-state index < -0.39 is 0 Å². The van der Waals surface area contributed by atoms with Gasteiger partial charge in [0, 0.05) is 22.7 Å². The van der Waals surface area contributed by atoms with Crippen LogP contribution in [0.3, 0.4) is 0 Å². The van der Waals surface area contributed by atoms with E-state index in [2.05, 4.69) is 20.6 Å². The molecule has 4 rings (SSSR count). The minimum Gasteiger partial charge on any atom is -0.495 e. The highest BCUT2D eigenvalue weighted by molar-refractivity contribution is 6.31. The first-order valence-electron chi connectivity index (χ1n) is 8.53. The molecular formula is C20H19ClN4O. The van der Waals surface area contributed by atoms with Gasteiger partial charge in [0.2, 0.25) is 5.95 Å². The Labute approximate surface area is 157 Å². The molecule has 0 unspecified atom stereocenters. The molecule has 0 bridgehead atoms. The minimum atomic E-state index is 0.467. The van der Waals surface area contributed by atoms with Gasteiger partial charge in [-0.15, -0.1) is 0 Å². The third kappa shape index (κ3) is 3.89. The van der Waals surface area contributed by atoms with Gasteiger partial charge in [-0.25, -0.2) is 4.98 Å². The van der Waals surface area contributed by atoms with Crippen LogP contribution in [0, 0.1) is 0 Å². The van der Waals surface area contributed by atoms with Crippen molar-refractivity contribution in [2.75, 3.05) is 17.7 Å². The van der Waals surface area contributed by atoms with Gasteiger partial charge in [-0.05, 0) is 31.0 Å². The van der Waals surface area contributed by atoms with Gasteiger partial charge in [0.1, 0.15) is 11.6 Å². The number of hydrogen-bond acceptors (Lipinski definition) is 5. The summed E-state index contributed by atoms with van der Waals surface area (Å²) in [5.74, 6) is 2.01. The second-order valence-electron chi connectivity index (χ2n) is 6.22. The number of nitrogens with zero attached hydrogens (tertiary/aromatic N) is 2. The monoisotopic (exact) mass is 366 g/mol. The van der Waals surface area contributed by atoms with E-state index in [0.717, 1.165) is 29.8 Å². The smallest absolute Gasteiger partial charge is 0.225 e. The van der Waals surface area contributed by atoms with Gasteiger partial charge in [0.15, 0.2) is 0 Å². The van der Waals surface area contributed by atoms with Crippen LogP contribution in [0.25, 0.3) is 11.3 Å². The van der Waals surface area contributed by atoms with E-state index in [0.29, 0.717) is 28.6 Å². The Balaban J connectivity index is 1.71. The van der Waals surface area contributed by atoms with Crippen molar-refractivity contribution in [3.63, 3.8) is 0 Å². The van der Waals surface area contributed by atoms with E-state index in [4.69, 9.17) is 16.3 Å². The summed E-state index contributed by atoms with van der Waals surface area (Å²) in [7, 11) is 1.63. The Morgan fingerprint density at radius 2 is 1.85 bits per heavy atom. The average Bonchev–Trinajstić information content (AvgIpc) is 3.46. The number of benzene rings is 2. The van der Waals surface area contributed by atoms with Crippen LogP contribution >= 0.6 is 11.6 Å². The van der Waals surface area contributed by atoms with Gasteiger partial charge in [-0.1, -0.05) is 41.9 Å². The molecule has 0 radical (unpaired) electrons. The van der Waals surface area contributed by atoms with Crippen molar-refractivity contribution in [2.45, 2.75) is 18.9 Å². The number of anilines is 3. The lowest BCUT2D eigenvalue weighted by Gasteiger charge is -2.13. The van der Waals surface area contributed by atoms with Crippen molar-refractivity contribution >= 4 is 29.1 Å². The number of halogens is 1. The molecule has 1 aromatic heterocycles. The van der Waals surface area contributed by atoms with E-state index in [1.165, 1.54) is 0 Å². The zero-order chi connectivity index (χ0) is 17.9. The number of nitrogens with one attached hydrogen (secondary N) is 2. The average molecular weight is 367 g/mol. The summed E-state index contributed by atoms with van der Waals surface area (Å²) in [4.78, 5) is 9.27. The van der Waals surface area contributed by atoms with Crippen molar-refractivity contribution in [3.8, 4) is 17.0 Å². The summed E-state index contributed by atoms with van der Waals surface area (Å²) >= 11 is 6.13. The molecule has 2 aromatic carbocycles. The maximum atomic E-state index is 6.13. The molecule has 0 atom stereocenters. The van der Waals surface area contributed by atoms with E-state index in [-0.39, 0.29) is 0 Å². The first-order valence-corrected chi connectivity index (χ1v) is 8.90. The van der Waals surface area contributed by atoms with Gasteiger partial charge in [0.05, 0.1) is 18.5 Å². The Morgan fingerprint density at radius 1 is 1.04 bits per heavy atom. The first kappa shape index (κ1) is 16.7. The molecule has 3 aromatic rings. The third-order valence-corrected chi connectivity index (χ3v) is 4.37. The fourth-order valence-electron chi connectivity index (χ4n) is 2.66. The second kappa shape index (κ2) is 7.22. The normalized spacial score (nSPS) is 13.3. The molecule has 1 heterocycles. The quantitative estimate of drug-likeness (QED) is 0.633. The molecule has 0 aliphatic heterocycles. The number of methoxy groups -OCH3 is 1. The molecule has 1 aliphatic carbocycles. The Kier molecular flexibility index (Phi) is 4.63. The first-order chi connectivity index (χ1) is 12.7. The highest BCUT2D eigenvalue weighted by atomic mass is 35.5. The number of rotatable bonds is 6. The van der Waals surface area contributed by atoms with E-state index in [9.17, 15) is 0 Å². The van der Waals surface area contributed by atoms with E-state index in [1.807, 2.05) is 48.5 Å². The lowest BCUT2D eigenvalue weighted by molar-refractivity contribution is 0.417. The third-order valence-electron chi connectivity index (χ3n) is 4.13. The van der Waals surface area contributed by atoms with Crippen LogP contribution < -0.4 is 15.4 Å². The molecule has 0 spiro atoms. The lowest BCUT2D eigenvalue weighted by Crippen LogP contribution is -2.08. The summed E-state index contributed by atoms with van der Waals surface area (Å²) < 4.78 is 5.41. The molecule has 6 heteroatoms. The molecule has 1 fully saturated rings. The van der Waals surface area contributed by atoms with Gasteiger partial charge in [-0.2, -0.15) is 4.98 Å². The van der Waals surface area contributed by atoms with Crippen molar-refractivity contribution in [1.82, 2.24) is 9.97 Å². The van der Waals surface area contributed by atoms with Crippen LogP contribution in [0.2, 0.25) is 5.02 Å². The Hall–Kier alpha value is -2.79. The SMILES string of the molecule is COc1ccc(Cl)cc1Nc1cc(-c2ccccc2)nc(NC2CC2)n1. The van der Waals surface area contributed by atoms with E-state index >= 15 is 0 Å². The standard InChI is InChI=1S/C20H19ClN4O/c1-26-18-10-7-14(21)11-17(18)23-19-12-16(13-5-3-2-4-6-13)24-20(25-19)22-15-8-9-15/h2-7,10-12,15H,8-9H2,1H3,(H2,22,23,24,25). The number of aromatic nitrogens is 2. The van der Waals surface area contributed by atoms with Crippen LogP contribution in [-0.2, 0) is 0 Å². The van der Waals surface area contributed by atoms with E-state index in [1.54, 1.807) is 13.2 Å². The maximum absolute atomic E-state index is 6.13. The van der Waals surface area contributed by atoms with Gasteiger partial charge < -0.3 is 15.4 Å². The van der Waals surface area contributed by atoms with Crippen LogP contribution in [0.4, 0.5) is 17.5 Å². The molecule has 26 heavy (non-hydrogen) atoms. The summed E-state index contributed by atoms with van der Waals surface area (Å²) in [5, 5.41) is 7.31.